The Kier molecular flexibility index (Phi) is 33.9. The minimum atomic E-state index is -0.987. The van der Waals surface area contributed by atoms with Gasteiger partial charge in [-0.15, -0.1) is 0 Å². The largest absolute Gasteiger partial charge is 1.00 e. The van der Waals surface area contributed by atoms with Crippen molar-refractivity contribution in [1.82, 2.24) is 0 Å². The molecule has 0 fully saturated rings. The quantitative estimate of drug-likeness (QED) is 0.0473. The predicted molar refractivity (Wildman–Crippen MR) is 199 cm³/mol. The first-order chi connectivity index (χ1) is 22.9. The van der Waals surface area contributed by atoms with E-state index in [1.807, 2.05) is 0 Å². The van der Waals surface area contributed by atoms with Crippen LogP contribution in [0.15, 0.2) is 91.0 Å². The van der Waals surface area contributed by atoms with Crippen LogP contribution in [0.1, 0.15) is 22.3 Å². The van der Waals surface area contributed by atoms with Gasteiger partial charge >= 0.3 is 57.1 Å². The fraction of sp³-hybridized carbons (Fsp3) is 0.0909. The first-order valence-corrected chi connectivity index (χ1v) is 14.4. The van der Waals surface area contributed by atoms with Crippen LogP contribution in [0.2, 0.25) is 25.1 Å². The second-order valence-corrected chi connectivity index (χ2v) is 10.5. The van der Waals surface area contributed by atoms with Gasteiger partial charge in [-0.2, -0.15) is 4.39 Å². The number of nitro benzene ring substituents is 2. The molecule has 21 heteroatoms. The number of benzene rings is 5. The maximum atomic E-state index is 12.7. The van der Waals surface area contributed by atoms with Gasteiger partial charge in [0.1, 0.15) is 5.02 Å². The summed E-state index contributed by atoms with van der Waals surface area (Å²) >= 11 is 26.9. The third-order valence-corrected chi connectivity index (χ3v) is 6.81. The van der Waals surface area contributed by atoms with E-state index in [1.165, 1.54) is 66.7 Å². The maximum absolute atomic E-state index is 12.7. The average molecular weight is 897 g/mol. The Bertz CT molecular complexity index is 1680. The predicted octanol–water partition coefficient (Wildman–Crippen LogP) is 7.43. The second kappa shape index (κ2) is 30.3. The Balaban J connectivity index is -0.000000182. The Morgan fingerprint density at radius 2 is 0.778 bits per heavy atom. The van der Waals surface area contributed by atoms with Gasteiger partial charge in [-0.05, 0) is 48.5 Å². The van der Waals surface area contributed by atoms with Crippen molar-refractivity contribution in [3.05, 3.63) is 171 Å². The van der Waals surface area contributed by atoms with E-state index in [1.54, 1.807) is 6.07 Å². The fourth-order valence-electron chi connectivity index (χ4n) is 2.79. The smallest absolute Gasteiger partial charge is 1.00 e. The number of nitrogens with two attached hydrogens (primary N) is 2. The third kappa shape index (κ3) is 20.1. The van der Waals surface area contributed by atoms with Crippen molar-refractivity contribution >= 4 is 80.8 Å². The number of nitrogens with zero attached hydrogens (tertiary/aromatic N) is 2. The molecular formula is C33H31Cl5F7KN4O4. The van der Waals surface area contributed by atoms with Gasteiger partial charge in [0.25, 0.3) is 5.69 Å². The summed E-state index contributed by atoms with van der Waals surface area (Å²) in [6.07, 6.45) is 0. The number of hydrogen-bond donors (Lipinski definition) is 2. The zero-order valence-electron chi connectivity index (χ0n) is 25.4. The minimum absolute atomic E-state index is 0. The van der Waals surface area contributed by atoms with Gasteiger partial charge in [0.2, 0.25) is 5.82 Å². The van der Waals surface area contributed by atoms with Crippen molar-refractivity contribution in [1.29, 1.82) is 0 Å². The SMILES string of the molecule is C.C.C.Fc1cccc(Cl)c1F.Nc1cccc(Cl)c1F.Nc1cccc(F)c1F.O=[N+]([O-])c1cccc(Cl)c1Cl.O=[N+]([O-])c1cccc(Cl)c1F.[F-].[K+]. The van der Waals surface area contributed by atoms with Gasteiger partial charge in [-0.3, -0.25) is 20.2 Å². The summed E-state index contributed by atoms with van der Waals surface area (Å²) in [5.74, 6) is -5.31. The van der Waals surface area contributed by atoms with Crippen LogP contribution in [0.25, 0.3) is 0 Å². The van der Waals surface area contributed by atoms with E-state index in [0.717, 1.165) is 18.2 Å². The first-order valence-electron chi connectivity index (χ1n) is 12.6. The number of rotatable bonds is 2. The molecule has 5 aromatic rings. The fourth-order valence-corrected chi connectivity index (χ4v) is 3.66. The van der Waals surface area contributed by atoms with Crippen LogP contribution in [0.5, 0.6) is 0 Å². The van der Waals surface area contributed by atoms with Gasteiger partial charge in [-0.1, -0.05) is 111 Å². The number of halogens is 12. The molecule has 8 nitrogen and oxygen atoms in total. The Morgan fingerprint density at radius 3 is 1.09 bits per heavy atom. The molecule has 0 bridgehead atoms. The van der Waals surface area contributed by atoms with Crippen LogP contribution in [-0.4, -0.2) is 9.85 Å². The van der Waals surface area contributed by atoms with Gasteiger partial charge in [0.15, 0.2) is 29.1 Å². The van der Waals surface area contributed by atoms with Crippen molar-refractivity contribution in [2.45, 2.75) is 22.3 Å². The summed E-state index contributed by atoms with van der Waals surface area (Å²) in [5, 5.41) is 20.1. The molecule has 0 aliphatic rings. The summed E-state index contributed by atoms with van der Waals surface area (Å²) in [5.41, 5.74) is 9.33. The summed E-state index contributed by atoms with van der Waals surface area (Å²) < 4.78 is 73.9. The van der Waals surface area contributed by atoms with Crippen LogP contribution >= 0.6 is 58.0 Å². The zero-order chi connectivity index (χ0) is 37.4. The summed E-state index contributed by atoms with van der Waals surface area (Å²) in [6.45, 7) is 0. The second-order valence-electron chi connectivity index (χ2n) is 8.48. The van der Waals surface area contributed by atoms with Crippen LogP contribution in [0, 0.1) is 55.1 Å². The standard InChI is InChI=1S/C6H3Cl2NO2.C6H3ClF2.C6H3ClFNO2.C6H5ClFN.C6H5F2N.3CH4.FH.K/c7-4-2-1-3-5(6(4)8)9(10)11;7-4-2-1-3-5(8)6(4)9;7-4-2-1-3-5(6(4)8)9(10)11;2*7-4-2-1-3-5(9)6(4)8;;;;;/h1-3H;1-3H;1-3H;2*1-3H,9H2;3*1H4;1H;/q;;;;;;;;;+1/p-1. The number of nitrogen functional groups attached to an aromatic ring is 2. The van der Waals surface area contributed by atoms with E-state index in [4.69, 9.17) is 69.5 Å². The molecule has 54 heavy (non-hydrogen) atoms. The van der Waals surface area contributed by atoms with Crippen LogP contribution in [-0.2, 0) is 0 Å². The van der Waals surface area contributed by atoms with Crippen molar-refractivity contribution in [2.75, 3.05) is 11.5 Å². The minimum Gasteiger partial charge on any atom is -1.00 e. The zero-order valence-corrected chi connectivity index (χ0v) is 32.3. The molecule has 292 valence electrons. The summed E-state index contributed by atoms with van der Waals surface area (Å²) in [6, 6.07) is 19.8. The molecule has 0 saturated carbocycles. The molecule has 0 unspecified atom stereocenters. The average Bonchev–Trinajstić information content (AvgIpc) is 3.05. The molecule has 0 spiro atoms. The van der Waals surface area contributed by atoms with Crippen molar-refractivity contribution < 1.29 is 92.3 Å². The first kappa shape index (κ1) is 60.3. The summed E-state index contributed by atoms with van der Waals surface area (Å²) in [4.78, 5) is 18.9. The van der Waals surface area contributed by atoms with Gasteiger partial charge in [0.05, 0.1) is 41.3 Å². The van der Waals surface area contributed by atoms with E-state index < -0.39 is 50.4 Å². The van der Waals surface area contributed by atoms with Crippen LogP contribution in [0.4, 0.5) is 49.1 Å². The van der Waals surface area contributed by atoms with Gasteiger partial charge < -0.3 is 16.2 Å². The molecule has 0 radical (unpaired) electrons. The van der Waals surface area contributed by atoms with Crippen molar-refractivity contribution in [2.24, 2.45) is 0 Å². The van der Waals surface area contributed by atoms with E-state index >= 15 is 0 Å². The molecule has 4 N–H and O–H groups in total. The molecule has 0 heterocycles. The third-order valence-electron chi connectivity index (χ3n) is 5.12. The van der Waals surface area contributed by atoms with Gasteiger partial charge in [-0.25, -0.2) is 22.0 Å². The Hall–Kier alpha value is -2.90. The summed E-state index contributed by atoms with van der Waals surface area (Å²) in [7, 11) is 0. The molecule has 0 aliphatic carbocycles. The maximum Gasteiger partial charge on any atom is 1.00 e. The molecule has 5 rings (SSSR count). The molecule has 0 atom stereocenters. The van der Waals surface area contributed by atoms with Crippen LogP contribution < -0.4 is 67.6 Å². The van der Waals surface area contributed by atoms with Crippen molar-refractivity contribution in [3.63, 3.8) is 0 Å². The van der Waals surface area contributed by atoms with E-state index in [2.05, 4.69) is 0 Å². The number of anilines is 2. The Morgan fingerprint density at radius 1 is 0.463 bits per heavy atom. The number of hydrogen-bond acceptors (Lipinski definition) is 6. The number of nitro groups is 2. The molecular weight excluding hydrogens is 866 g/mol. The topological polar surface area (TPSA) is 138 Å². The van der Waals surface area contributed by atoms with E-state index in [0.29, 0.717) is 0 Å². The molecule has 0 amide bonds. The molecule has 0 aliphatic heterocycles. The molecule has 0 aromatic heterocycles. The molecule has 0 saturated heterocycles. The normalized spacial score (nSPS) is 8.72. The Labute approximate surface area is 374 Å². The van der Waals surface area contributed by atoms with E-state index in [-0.39, 0.29) is 121 Å². The van der Waals surface area contributed by atoms with Gasteiger partial charge in [0, 0.05) is 12.1 Å². The van der Waals surface area contributed by atoms with Crippen molar-refractivity contribution in [3.8, 4) is 0 Å². The molecule has 5 aromatic carbocycles. The van der Waals surface area contributed by atoms with Crippen LogP contribution in [0.3, 0.4) is 0 Å². The monoisotopic (exact) mass is 894 g/mol. The van der Waals surface area contributed by atoms with E-state index in [9.17, 15) is 46.6 Å².